The third kappa shape index (κ3) is 3.73. The van der Waals surface area contributed by atoms with E-state index >= 15 is 0 Å². The Labute approximate surface area is 134 Å². The van der Waals surface area contributed by atoms with Crippen LogP contribution in [0.2, 0.25) is 0 Å². The van der Waals surface area contributed by atoms with Gasteiger partial charge < -0.3 is 21.1 Å². The van der Waals surface area contributed by atoms with E-state index < -0.39 is 5.91 Å². The Morgan fingerprint density at radius 1 is 1.14 bits per heavy atom. The number of benzene rings is 2. The van der Waals surface area contributed by atoms with Crippen LogP contribution in [0.5, 0.6) is 5.75 Å². The van der Waals surface area contributed by atoms with Crippen molar-refractivity contribution in [3.63, 3.8) is 0 Å². The molecule has 2 aromatic rings. The highest BCUT2D eigenvalue weighted by Gasteiger charge is 2.10. The van der Waals surface area contributed by atoms with Crippen LogP contribution in [0.1, 0.15) is 15.9 Å². The van der Waals surface area contributed by atoms with Crippen molar-refractivity contribution in [1.29, 1.82) is 0 Å². The zero-order valence-corrected chi connectivity index (χ0v) is 13.2. The second-order valence-corrected chi connectivity index (χ2v) is 5.10. The molecule has 0 spiro atoms. The van der Waals surface area contributed by atoms with E-state index in [-0.39, 0.29) is 0 Å². The van der Waals surface area contributed by atoms with Crippen LogP contribution in [-0.4, -0.2) is 18.1 Å². The van der Waals surface area contributed by atoms with Gasteiger partial charge in [-0.2, -0.15) is 0 Å². The number of anilines is 2. The SMILES string of the molecule is COc1ccc(C)cc1NC(=S)Nc1ccccc1C(N)=O. The third-order valence-corrected chi connectivity index (χ3v) is 3.25. The first-order valence-corrected chi connectivity index (χ1v) is 7.03. The average Bonchev–Trinajstić information content (AvgIpc) is 2.47. The predicted octanol–water partition coefficient (Wildman–Crippen LogP) is 2.91. The van der Waals surface area contributed by atoms with E-state index in [0.29, 0.717) is 22.1 Å². The van der Waals surface area contributed by atoms with Gasteiger partial charge in [-0.1, -0.05) is 18.2 Å². The zero-order valence-electron chi connectivity index (χ0n) is 12.3. The molecular weight excluding hydrogens is 298 g/mol. The molecule has 0 aliphatic carbocycles. The maximum Gasteiger partial charge on any atom is 0.250 e. The minimum atomic E-state index is -0.515. The highest BCUT2D eigenvalue weighted by molar-refractivity contribution is 7.80. The summed E-state index contributed by atoms with van der Waals surface area (Å²) in [6, 6.07) is 12.6. The normalized spacial score (nSPS) is 9.91. The number of carbonyl (C=O) groups excluding carboxylic acids is 1. The van der Waals surface area contributed by atoms with Crippen molar-refractivity contribution < 1.29 is 9.53 Å². The first-order valence-electron chi connectivity index (χ1n) is 6.62. The average molecular weight is 315 g/mol. The molecule has 0 atom stereocenters. The van der Waals surface area contributed by atoms with Crippen molar-refractivity contribution in [3.8, 4) is 5.75 Å². The van der Waals surface area contributed by atoms with E-state index in [1.54, 1.807) is 31.4 Å². The van der Waals surface area contributed by atoms with Crippen molar-refractivity contribution in [2.75, 3.05) is 17.7 Å². The predicted molar refractivity (Wildman–Crippen MR) is 92.5 cm³/mol. The molecule has 2 aromatic carbocycles. The van der Waals surface area contributed by atoms with Crippen LogP contribution in [-0.2, 0) is 0 Å². The summed E-state index contributed by atoms with van der Waals surface area (Å²) < 4.78 is 5.29. The van der Waals surface area contributed by atoms with E-state index in [1.165, 1.54) is 0 Å². The fourth-order valence-electron chi connectivity index (χ4n) is 2.00. The molecule has 22 heavy (non-hydrogen) atoms. The largest absolute Gasteiger partial charge is 0.495 e. The molecule has 0 saturated carbocycles. The van der Waals surface area contributed by atoms with Crippen molar-refractivity contribution in [1.82, 2.24) is 0 Å². The molecule has 0 heterocycles. The molecule has 0 aromatic heterocycles. The van der Waals surface area contributed by atoms with E-state index in [9.17, 15) is 4.79 Å². The first kappa shape index (κ1) is 15.8. The smallest absolute Gasteiger partial charge is 0.250 e. The summed E-state index contributed by atoms with van der Waals surface area (Å²) in [5, 5.41) is 6.38. The minimum absolute atomic E-state index is 0.345. The summed E-state index contributed by atoms with van der Waals surface area (Å²) in [5.74, 6) is 0.164. The summed E-state index contributed by atoms with van der Waals surface area (Å²) in [5.41, 5.74) is 8.10. The summed E-state index contributed by atoms with van der Waals surface area (Å²) in [6.45, 7) is 1.98. The third-order valence-electron chi connectivity index (χ3n) is 3.04. The lowest BCUT2D eigenvalue weighted by Crippen LogP contribution is -2.22. The molecular formula is C16H17N3O2S. The fraction of sp³-hybridized carbons (Fsp3) is 0.125. The minimum Gasteiger partial charge on any atom is -0.495 e. The van der Waals surface area contributed by atoms with Crippen LogP contribution in [0.15, 0.2) is 42.5 Å². The lowest BCUT2D eigenvalue weighted by molar-refractivity contribution is 0.100. The summed E-state index contributed by atoms with van der Waals surface area (Å²) in [7, 11) is 1.59. The highest BCUT2D eigenvalue weighted by atomic mass is 32.1. The Balaban J connectivity index is 2.18. The Kier molecular flexibility index (Phi) is 4.95. The number of hydrogen-bond donors (Lipinski definition) is 3. The van der Waals surface area contributed by atoms with E-state index in [0.717, 1.165) is 11.3 Å². The monoisotopic (exact) mass is 315 g/mol. The van der Waals surface area contributed by atoms with Gasteiger partial charge in [-0.25, -0.2) is 0 Å². The summed E-state index contributed by atoms with van der Waals surface area (Å²) in [4.78, 5) is 11.4. The molecule has 5 nitrogen and oxygen atoms in total. The molecule has 114 valence electrons. The Morgan fingerprint density at radius 2 is 1.82 bits per heavy atom. The molecule has 0 radical (unpaired) electrons. The second-order valence-electron chi connectivity index (χ2n) is 4.69. The van der Waals surface area contributed by atoms with Crippen molar-refractivity contribution in [2.45, 2.75) is 6.92 Å². The Bertz CT molecular complexity index is 716. The van der Waals surface area contributed by atoms with Crippen molar-refractivity contribution in [3.05, 3.63) is 53.6 Å². The second kappa shape index (κ2) is 6.91. The van der Waals surface area contributed by atoms with Gasteiger partial charge in [0.05, 0.1) is 24.0 Å². The number of rotatable bonds is 4. The van der Waals surface area contributed by atoms with Gasteiger partial charge >= 0.3 is 0 Å². The van der Waals surface area contributed by atoms with Crippen LogP contribution in [0.25, 0.3) is 0 Å². The number of para-hydroxylation sites is 1. The molecule has 0 aliphatic rings. The number of methoxy groups -OCH3 is 1. The molecule has 6 heteroatoms. The summed E-state index contributed by atoms with van der Waals surface area (Å²) >= 11 is 5.29. The lowest BCUT2D eigenvalue weighted by atomic mass is 10.1. The van der Waals surface area contributed by atoms with Gasteiger partial charge in [-0.3, -0.25) is 4.79 Å². The quantitative estimate of drug-likeness (QED) is 0.756. The number of amides is 1. The molecule has 4 N–H and O–H groups in total. The van der Waals surface area contributed by atoms with Crippen LogP contribution >= 0.6 is 12.2 Å². The van der Waals surface area contributed by atoms with Crippen LogP contribution in [0.3, 0.4) is 0 Å². The summed E-state index contributed by atoms with van der Waals surface area (Å²) in [6.07, 6.45) is 0. The van der Waals surface area contributed by atoms with Gasteiger partial charge in [0, 0.05) is 0 Å². The van der Waals surface area contributed by atoms with E-state index in [2.05, 4.69) is 10.6 Å². The van der Waals surface area contributed by atoms with Crippen LogP contribution in [0, 0.1) is 6.92 Å². The van der Waals surface area contributed by atoms with Gasteiger partial charge in [0.25, 0.3) is 5.91 Å². The maximum absolute atomic E-state index is 11.4. The molecule has 0 unspecified atom stereocenters. The molecule has 1 amide bonds. The number of nitrogens with one attached hydrogen (secondary N) is 2. The topological polar surface area (TPSA) is 76.4 Å². The number of ether oxygens (including phenoxy) is 1. The molecule has 2 rings (SSSR count). The standard InChI is InChI=1S/C16H17N3O2S/c1-10-7-8-14(21-2)13(9-10)19-16(22)18-12-6-4-3-5-11(12)15(17)20/h3-9H,1-2H3,(H2,17,20)(H2,18,19,22). The van der Waals surface area contributed by atoms with Crippen molar-refractivity contribution in [2.24, 2.45) is 5.73 Å². The number of aryl methyl sites for hydroxylation is 1. The Hall–Kier alpha value is -2.60. The first-order chi connectivity index (χ1) is 10.5. The highest BCUT2D eigenvalue weighted by Crippen LogP contribution is 2.25. The molecule has 0 saturated heterocycles. The van der Waals surface area contributed by atoms with E-state index in [1.807, 2.05) is 25.1 Å². The number of nitrogens with two attached hydrogens (primary N) is 1. The van der Waals surface area contributed by atoms with Gasteiger partial charge in [0.2, 0.25) is 0 Å². The van der Waals surface area contributed by atoms with Crippen molar-refractivity contribution >= 4 is 34.6 Å². The van der Waals surface area contributed by atoms with Crippen LogP contribution < -0.4 is 21.1 Å². The lowest BCUT2D eigenvalue weighted by Gasteiger charge is -2.15. The molecule has 0 fully saturated rings. The van der Waals surface area contributed by atoms with Gasteiger partial charge in [0.15, 0.2) is 5.11 Å². The number of thiocarbonyl (C=S) groups is 1. The maximum atomic E-state index is 11.4. The van der Waals surface area contributed by atoms with Gasteiger partial charge in [-0.15, -0.1) is 0 Å². The van der Waals surface area contributed by atoms with Gasteiger partial charge in [-0.05, 0) is 49.0 Å². The zero-order chi connectivity index (χ0) is 16.1. The molecule has 0 bridgehead atoms. The van der Waals surface area contributed by atoms with Crippen LogP contribution in [0.4, 0.5) is 11.4 Å². The Morgan fingerprint density at radius 3 is 2.50 bits per heavy atom. The van der Waals surface area contributed by atoms with E-state index in [4.69, 9.17) is 22.7 Å². The number of carbonyl (C=O) groups is 1. The number of primary amides is 1. The van der Waals surface area contributed by atoms with Gasteiger partial charge in [0.1, 0.15) is 5.75 Å². The molecule has 0 aliphatic heterocycles. The fourth-order valence-corrected chi connectivity index (χ4v) is 2.22. The number of hydrogen-bond acceptors (Lipinski definition) is 3.